The van der Waals surface area contributed by atoms with Crippen LogP contribution in [0, 0.1) is 0 Å². The second-order valence-electron chi connectivity index (χ2n) is 2.91. The monoisotopic (exact) mass is 161 g/mol. The zero-order valence-corrected chi connectivity index (χ0v) is 6.85. The van der Waals surface area contributed by atoms with Gasteiger partial charge in [-0.3, -0.25) is 4.99 Å². The van der Waals surface area contributed by atoms with E-state index < -0.39 is 0 Å². The summed E-state index contributed by atoms with van der Waals surface area (Å²) in [5.41, 5.74) is 1.04. The summed E-state index contributed by atoms with van der Waals surface area (Å²) in [6.45, 7) is 0. The third-order valence-corrected chi connectivity index (χ3v) is 2.04. The van der Waals surface area contributed by atoms with Crippen molar-refractivity contribution in [3.05, 3.63) is 24.3 Å². The Labute approximate surface area is 71.6 Å². The number of rotatable bonds is 1. The van der Waals surface area contributed by atoms with Crippen molar-refractivity contribution in [2.45, 2.75) is 25.3 Å². The molecule has 0 aliphatic carbocycles. The lowest BCUT2D eigenvalue weighted by Gasteiger charge is -2.14. The van der Waals surface area contributed by atoms with Gasteiger partial charge >= 0.3 is 0 Å². The lowest BCUT2D eigenvalue weighted by Crippen LogP contribution is -2.03. The lowest BCUT2D eigenvalue weighted by atomic mass is 10.0. The minimum atomic E-state index is 0.279. The van der Waals surface area contributed by atoms with E-state index in [0.717, 1.165) is 18.5 Å². The summed E-state index contributed by atoms with van der Waals surface area (Å²) in [4.78, 5) is 12.4. The molecule has 0 saturated carbocycles. The van der Waals surface area contributed by atoms with E-state index in [1.54, 1.807) is 12.5 Å². The van der Waals surface area contributed by atoms with Crippen LogP contribution in [0.3, 0.4) is 0 Å². The molecule has 1 aromatic rings. The Morgan fingerprint density at radius 2 is 2.42 bits per heavy atom. The van der Waals surface area contributed by atoms with Gasteiger partial charge in [0, 0.05) is 6.20 Å². The minimum Gasteiger partial charge on any atom is -0.288 e. The van der Waals surface area contributed by atoms with Crippen LogP contribution in [-0.2, 0) is 0 Å². The Morgan fingerprint density at radius 1 is 1.42 bits per heavy atom. The highest BCUT2D eigenvalue weighted by Crippen LogP contribution is 2.23. The average Bonchev–Trinajstić information content (AvgIpc) is 2.21. The van der Waals surface area contributed by atoms with Gasteiger partial charge in [-0.15, -0.1) is 0 Å². The largest absolute Gasteiger partial charge is 0.288 e. The molecule has 0 bridgehead atoms. The molecule has 0 aromatic carbocycles. The highest BCUT2D eigenvalue weighted by Gasteiger charge is 2.12. The topological polar surface area (TPSA) is 38.1 Å². The van der Waals surface area contributed by atoms with Crippen LogP contribution in [0.1, 0.15) is 31.0 Å². The van der Waals surface area contributed by atoms with Crippen molar-refractivity contribution in [2.24, 2.45) is 4.99 Å². The van der Waals surface area contributed by atoms with Crippen LogP contribution in [0.15, 0.2) is 23.6 Å². The molecule has 2 rings (SSSR count). The van der Waals surface area contributed by atoms with Gasteiger partial charge in [-0.2, -0.15) is 0 Å². The third kappa shape index (κ3) is 1.49. The fourth-order valence-corrected chi connectivity index (χ4v) is 1.40. The van der Waals surface area contributed by atoms with Crippen molar-refractivity contribution < 1.29 is 0 Å². The highest BCUT2D eigenvalue weighted by molar-refractivity contribution is 5.58. The fraction of sp³-hybridized carbons (Fsp3) is 0.444. The van der Waals surface area contributed by atoms with Gasteiger partial charge in [-0.05, 0) is 31.5 Å². The van der Waals surface area contributed by atoms with Crippen LogP contribution >= 0.6 is 0 Å². The van der Waals surface area contributed by atoms with Gasteiger partial charge in [0.25, 0.3) is 0 Å². The van der Waals surface area contributed by atoms with Crippen LogP contribution in [0.4, 0.5) is 0 Å². The number of aromatic nitrogens is 2. The van der Waals surface area contributed by atoms with Crippen LogP contribution in [0.5, 0.6) is 0 Å². The smallest absolute Gasteiger partial charge is 0.115 e. The first-order valence-corrected chi connectivity index (χ1v) is 4.24. The average molecular weight is 161 g/mol. The van der Waals surface area contributed by atoms with Gasteiger partial charge < -0.3 is 0 Å². The van der Waals surface area contributed by atoms with Crippen LogP contribution in [0.25, 0.3) is 0 Å². The van der Waals surface area contributed by atoms with Crippen molar-refractivity contribution in [1.82, 2.24) is 9.97 Å². The molecule has 0 radical (unpaired) electrons. The van der Waals surface area contributed by atoms with Gasteiger partial charge in [-0.1, -0.05) is 0 Å². The lowest BCUT2D eigenvalue weighted by molar-refractivity contribution is 0.588. The summed E-state index contributed by atoms with van der Waals surface area (Å²) >= 11 is 0. The number of aliphatic imine (C=N–C) groups is 1. The molecule has 0 spiro atoms. The molecule has 12 heavy (non-hydrogen) atoms. The molecule has 1 aliphatic heterocycles. The van der Waals surface area contributed by atoms with E-state index in [9.17, 15) is 0 Å². The van der Waals surface area contributed by atoms with E-state index in [2.05, 4.69) is 15.0 Å². The molecule has 0 fully saturated rings. The molecule has 1 aliphatic rings. The first kappa shape index (κ1) is 7.40. The Balaban J connectivity index is 2.19. The van der Waals surface area contributed by atoms with Crippen LogP contribution in [0.2, 0.25) is 0 Å². The third-order valence-electron chi connectivity index (χ3n) is 2.04. The summed E-state index contributed by atoms with van der Waals surface area (Å²) in [5, 5.41) is 0. The summed E-state index contributed by atoms with van der Waals surface area (Å²) < 4.78 is 0. The maximum absolute atomic E-state index is 4.38. The van der Waals surface area contributed by atoms with E-state index in [1.165, 1.54) is 6.42 Å². The molecule has 1 aromatic heterocycles. The van der Waals surface area contributed by atoms with Gasteiger partial charge in [0.05, 0.1) is 11.7 Å². The predicted octanol–water partition coefficient (Wildman–Crippen LogP) is 1.77. The number of hydrogen-bond acceptors (Lipinski definition) is 3. The highest BCUT2D eigenvalue weighted by atomic mass is 14.9. The summed E-state index contributed by atoms with van der Waals surface area (Å²) in [5.74, 6) is 0. The molecule has 1 unspecified atom stereocenters. The molecule has 0 saturated heterocycles. The number of nitrogens with zero attached hydrogens (tertiary/aromatic N) is 3. The van der Waals surface area contributed by atoms with Crippen molar-refractivity contribution >= 4 is 6.21 Å². The molecule has 0 amide bonds. The molecule has 1 atom stereocenters. The van der Waals surface area contributed by atoms with Crippen molar-refractivity contribution in [3.8, 4) is 0 Å². The minimum absolute atomic E-state index is 0.279. The summed E-state index contributed by atoms with van der Waals surface area (Å²) in [6, 6.07) is 2.22. The first-order chi connectivity index (χ1) is 5.97. The quantitative estimate of drug-likeness (QED) is 0.629. The molecular formula is C9H11N3. The normalized spacial score (nSPS) is 22.5. The van der Waals surface area contributed by atoms with Gasteiger partial charge in [0.1, 0.15) is 6.33 Å². The van der Waals surface area contributed by atoms with E-state index in [1.807, 2.05) is 12.3 Å². The van der Waals surface area contributed by atoms with Crippen LogP contribution in [-0.4, -0.2) is 16.2 Å². The molecule has 2 heterocycles. The number of hydrogen-bond donors (Lipinski definition) is 0. The van der Waals surface area contributed by atoms with Crippen molar-refractivity contribution in [3.63, 3.8) is 0 Å². The second-order valence-corrected chi connectivity index (χ2v) is 2.91. The fourth-order valence-electron chi connectivity index (χ4n) is 1.40. The van der Waals surface area contributed by atoms with Gasteiger partial charge in [0.15, 0.2) is 0 Å². The van der Waals surface area contributed by atoms with Crippen molar-refractivity contribution in [1.29, 1.82) is 0 Å². The van der Waals surface area contributed by atoms with E-state index in [-0.39, 0.29) is 6.04 Å². The Morgan fingerprint density at radius 3 is 3.08 bits per heavy atom. The van der Waals surface area contributed by atoms with E-state index in [0.29, 0.717) is 0 Å². The molecular weight excluding hydrogens is 150 g/mol. The SMILES string of the molecule is C1=NC(c2ccncn2)CCC1. The van der Waals surface area contributed by atoms with Crippen LogP contribution < -0.4 is 0 Å². The van der Waals surface area contributed by atoms with Crippen molar-refractivity contribution in [2.75, 3.05) is 0 Å². The predicted molar refractivity (Wildman–Crippen MR) is 47.1 cm³/mol. The Kier molecular flexibility index (Phi) is 2.12. The maximum Gasteiger partial charge on any atom is 0.115 e. The summed E-state index contributed by atoms with van der Waals surface area (Å²) in [6.07, 6.45) is 8.80. The van der Waals surface area contributed by atoms with E-state index in [4.69, 9.17) is 0 Å². The van der Waals surface area contributed by atoms with E-state index >= 15 is 0 Å². The second kappa shape index (κ2) is 3.43. The standard InChI is InChI=1S/C9H11N3/c1-2-5-11-8(3-1)9-4-6-10-7-12-9/h4-8H,1-3H2. The molecule has 3 heteroatoms. The van der Waals surface area contributed by atoms with Gasteiger partial charge in [0.2, 0.25) is 0 Å². The summed E-state index contributed by atoms with van der Waals surface area (Å²) in [7, 11) is 0. The zero-order valence-electron chi connectivity index (χ0n) is 6.85. The first-order valence-electron chi connectivity index (χ1n) is 4.24. The zero-order chi connectivity index (χ0) is 8.23. The van der Waals surface area contributed by atoms with Gasteiger partial charge in [-0.25, -0.2) is 9.97 Å². The Bertz CT molecular complexity index is 268. The molecule has 3 nitrogen and oxygen atoms in total. The maximum atomic E-state index is 4.38. The molecule has 0 N–H and O–H groups in total. The Hall–Kier alpha value is -1.25. The molecule has 62 valence electrons.